The highest BCUT2D eigenvalue weighted by molar-refractivity contribution is 5.81. The summed E-state index contributed by atoms with van der Waals surface area (Å²) in [5.74, 6) is 1.41. The molecule has 1 aromatic heterocycles. The van der Waals surface area contributed by atoms with Gasteiger partial charge in [0, 0.05) is 30.0 Å². The normalized spacial score (nSPS) is 22.5. The fraction of sp³-hybridized carbons (Fsp3) is 0.344. The van der Waals surface area contributed by atoms with Gasteiger partial charge in [-0.15, -0.1) is 0 Å². The number of carbonyl (C=O) groups is 1. The number of aryl methyl sites for hydroxylation is 1. The lowest BCUT2D eigenvalue weighted by molar-refractivity contribution is -0.958. The van der Waals surface area contributed by atoms with E-state index in [0.29, 0.717) is 24.2 Å². The van der Waals surface area contributed by atoms with Crippen molar-refractivity contribution in [1.29, 1.82) is 0 Å². The zero-order chi connectivity index (χ0) is 26.0. The topological polar surface area (TPSA) is 77.2 Å². The van der Waals surface area contributed by atoms with Gasteiger partial charge in [-0.2, -0.15) is 4.98 Å². The average Bonchev–Trinajstić information content (AvgIpc) is 3.41. The summed E-state index contributed by atoms with van der Waals surface area (Å²) in [5, 5.41) is 7.69. The van der Waals surface area contributed by atoms with Crippen LogP contribution in [0.15, 0.2) is 89.5 Å². The maximum absolute atomic E-state index is 13.6. The van der Waals surface area contributed by atoms with E-state index in [4.69, 9.17) is 14.2 Å². The summed E-state index contributed by atoms with van der Waals surface area (Å²) in [5.41, 5.74) is 3.90. The van der Waals surface area contributed by atoms with Gasteiger partial charge >= 0.3 is 5.97 Å². The second-order valence-electron chi connectivity index (χ2n) is 10.7. The lowest BCUT2D eigenvalue weighted by Gasteiger charge is -2.51. The molecule has 3 saturated heterocycles. The monoisotopic (exact) mass is 525 g/mol. The number of aromatic nitrogens is 2. The van der Waals surface area contributed by atoms with Gasteiger partial charge in [0.15, 0.2) is 12.1 Å². The molecule has 39 heavy (non-hydrogen) atoms. The Morgan fingerprint density at radius 3 is 2.36 bits per heavy atom. The third-order valence-electron chi connectivity index (χ3n) is 8.01. The first kappa shape index (κ1) is 26.6. The Bertz CT molecular complexity index is 1360. The van der Waals surface area contributed by atoms with Crippen molar-refractivity contribution >= 4 is 11.7 Å². The first-order valence-electron chi connectivity index (χ1n) is 13.4. The zero-order valence-electron chi connectivity index (χ0n) is 21.6. The molecule has 202 valence electrons. The largest absolute Gasteiger partial charge is 0.454 e. The van der Waals surface area contributed by atoms with E-state index in [1.807, 2.05) is 84.9 Å². The number of esters is 1. The Labute approximate surface area is 230 Å². The van der Waals surface area contributed by atoms with Gasteiger partial charge in [0.2, 0.25) is 5.82 Å². The number of hydrogen-bond donors (Lipinski definition) is 1. The summed E-state index contributed by atoms with van der Waals surface area (Å²) in [7, 11) is 0. The summed E-state index contributed by atoms with van der Waals surface area (Å²) >= 11 is 0. The van der Waals surface area contributed by atoms with E-state index in [0.717, 1.165) is 53.8 Å². The molecule has 7 heteroatoms. The number of quaternary nitrogens is 1. The number of carbonyl (C=O) groups excluding carboxylic acids is 1. The van der Waals surface area contributed by atoms with E-state index in [1.165, 1.54) is 5.56 Å². The number of nitrogens with zero attached hydrogens (tertiary/aromatic N) is 3. The fourth-order valence-corrected chi connectivity index (χ4v) is 5.85. The van der Waals surface area contributed by atoms with Gasteiger partial charge in [-0.05, 0) is 36.8 Å². The van der Waals surface area contributed by atoms with Crippen molar-refractivity contribution in [2.75, 3.05) is 25.0 Å². The summed E-state index contributed by atoms with van der Waals surface area (Å²) in [4.78, 5) is 18.3. The predicted octanol–water partition coefficient (Wildman–Crippen LogP) is 6.19. The molecule has 3 fully saturated rings. The molecule has 2 atom stereocenters. The number of anilines is 1. The molecular weight excluding hydrogens is 488 g/mol. The number of nitrogens with one attached hydrogen (secondary N) is 1. The molecule has 0 saturated carbocycles. The summed E-state index contributed by atoms with van der Waals surface area (Å²) < 4.78 is 12.7. The van der Waals surface area contributed by atoms with E-state index < -0.39 is 6.04 Å². The van der Waals surface area contributed by atoms with Crippen molar-refractivity contribution in [3.05, 3.63) is 102 Å². The molecule has 1 N–H and O–H groups in total. The van der Waals surface area contributed by atoms with Crippen LogP contribution in [0.5, 0.6) is 0 Å². The van der Waals surface area contributed by atoms with Gasteiger partial charge in [-0.3, -0.25) is 0 Å². The number of piperidine rings is 3. The van der Waals surface area contributed by atoms with Crippen molar-refractivity contribution in [3.63, 3.8) is 0 Å². The molecule has 4 heterocycles. The van der Waals surface area contributed by atoms with Crippen molar-refractivity contribution in [2.45, 2.75) is 45.9 Å². The molecule has 3 aliphatic rings. The van der Waals surface area contributed by atoms with Crippen LogP contribution in [0, 0.1) is 12.8 Å². The third kappa shape index (κ3) is 5.88. The van der Waals surface area contributed by atoms with Gasteiger partial charge in [0.05, 0.1) is 13.1 Å². The van der Waals surface area contributed by atoms with Crippen LogP contribution in [0.2, 0.25) is 0 Å². The van der Waals surface area contributed by atoms with Crippen LogP contribution < -0.4 is 5.32 Å². The molecule has 7 nitrogen and oxygen atoms in total. The molecule has 7 rings (SSSR count). The average molecular weight is 526 g/mol. The maximum atomic E-state index is 13.6. The lowest BCUT2D eigenvalue weighted by atomic mass is 9.83. The van der Waals surface area contributed by atoms with E-state index in [9.17, 15) is 4.79 Å². The smallest absolute Gasteiger partial charge is 0.333 e. The van der Waals surface area contributed by atoms with E-state index in [2.05, 4.69) is 17.4 Å². The number of ether oxygens (including phenoxy) is 1. The fourth-order valence-electron chi connectivity index (χ4n) is 5.85. The minimum Gasteiger partial charge on any atom is -0.454 e. The van der Waals surface area contributed by atoms with E-state index in [-0.39, 0.29) is 19.5 Å². The van der Waals surface area contributed by atoms with Crippen molar-refractivity contribution in [1.82, 2.24) is 10.1 Å². The van der Waals surface area contributed by atoms with Gasteiger partial charge < -0.3 is 19.1 Å². The standard InChI is InChI=1S/C31H33N4O3.CH4/c1-22-12-14-25(15-13-22)30-33-28(34-38-30)21-35-18-16-23(17-19-35)27(20-35)37-31(36)29(24-8-4-2-5-9-24)32-26-10-6-3-7-11-26;/h2-15,23,27,29,32H,16-21H2,1H3;1H4/q+1;/t23?,27-,29+,35?;/m0./s1. The molecule has 4 aromatic rings. The van der Waals surface area contributed by atoms with Crippen LogP contribution in [0.4, 0.5) is 5.69 Å². The van der Waals surface area contributed by atoms with Gasteiger partial charge in [0.25, 0.3) is 5.89 Å². The Morgan fingerprint density at radius 2 is 1.67 bits per heavy atom. The van der Waals surface area contributed by atoms with E-state index >= 15 is 0 Å². The van der Waals surface area contributed by atoms with Gasteiger partial charge in [0.1, 0.15) is 13.1 Å². The van der Waals surface area contributed by atoms with Crippen molar-refractivity contribution in [3.8, 4) is 11.5 Å². The molecule has 0 spiro atoms. The van der Waals surface area contributed by atoms with Crippen LogP contribution in [0.25, 0.3) is 11.5 Å². The van der Waals surface area contributed by atoms with Gasteiger partial charge in [-0.25, -0.2) is 4.79 Å². The van der Waals surface area contributed by atoms with Crippen molar-refractivity contribution in [2.24, 2.45) is 5.92 Å². The van der Waals surface area contributed by atoms with Crippen LogP contribution in [-0.2, 0) is 16.1 Å². The molecule has 0 radical (unpaired) electrons. The molecule has 0 unspecified atom stereocenters. The SMILES string of the molecule is C.Cc1ccc(-c2nc(C[N+]34CCC(CC3)[C@@H](OC(=O)[C@H](Nc3ccccc3)c3ccccc3)C4)no2)cc1. The Kier molecular flexibility index (Phi) is 7.79. The molecule has 3 aromatic carbocycles. The van der Waals surface area contributed by atoms with Crippen LogP contribution in [-0.4, -0.2) is 46.3 Å². The Balaban J connectivity index is 0.00000308. The number of rotatable bonds is 8. The minimum atomic E-state index is -0.572. The number of hydrogen-bond acceptors (Lipinski definition) is 6. The first-order valence-corrected chi connectivity index (χ1v) is 13.4. The lowest BCUT2D eigenvalue weighted by Crippen LogP contribution is -2.64. The van der Waals surface area contributed by atoms with Crippen LogP contribution in [0.1, 0.15) is 43.3 Å². The highest BCUT2D eigenvalue weighted by Crippen LogP contribution is 2.38. The quantitative estimate of drug-likeness (QED) is 0.218. The zero-order valence-corrected chi connectivity index (χ0v) is 21.6. The van der Waals surface area contributed by atoms with Gasteiger partial charge in [-0.1, -0.05) is 78.8 Å². The minimum absolute atomic E-state index is 0. The molecule has 0 amide bonds. The highest BCUT2D eigenvalue weighted by atomic mass is 16.5. The van der Waals surface area contributed by atoms with Crippen molar-refractivity contribution < 1.29 is 18.5 Å². The number of benzene rings is 3. The number of fused-ring (bicyclic) bond motifs is 3. The second kappa shape index (κ2) is 11.4. The third-order valence-corrected chi connectivity index (χ3v) is 8.01. The maximum Gasteiger partial charge on any atom is 0.333 e. The molecule has 2 bridgehead atoms. The summed E-state index contributed by atoms with van der Waals surface area (Å²) in [6.45, 7) is 5.59. The van der Waals surface area contributed by atoms with Crippen LogP contribution >= 0.6 is 0 Å². The number of para-hydroxylation sites is 1. The second-order valence-corrected chi connectivity index (χ2v) is 10.7. The Morgan fingerprint density at radius 1 is 1.00 bits per heavy atom. The summed E-state index contributed by atoms with van der Waals surface area (Å²) in [6, 6.07) is 27.1. The molecular formula is C32H37N4O3+. The highest BCUT2D eigenvalue weighted by Gasteiger charge is 2.48. The molecule has 0 aliphatic carbocycles. The van der Waals surface area contributed by atoms with Crippen LogP contribution in [0.3, 0.4) is 0 Å². The van der Waals surface area contributed by atoms with E-state index in [1.54, 1.807) is 0 Å². The molecule has 3 aliphatic heterocycles. The Hall–Kier alpha value is -3.97. The predicted molar refractivity (Wildman–Crippen MR) is 152 cm³/mol. The summed E-state index contributed by atoms with van der Waals surface area (Å²) in [6.07, 6.45) is 1.93. The first-order chi connectivity index (χ1) is 18.6.